The molecule has 0 saturated heterocycles. The second-order valence-corrected chi connectivity index (χ2v) is 17.4. The summed E-state index contributed by atoms with van der Waals surface area (Å²) in [6, 6.07) is 26.3. The number of Topliss-reactive ketones (excluding diaryl/α,β-unsaturated/α-hetero) is 1. The van der Waals surface area contributed by atoms with Crippen molar-refractivity contribution in [3.63, 3.8) is 0 Å². The zero-order valence-electron chi connectivity index (χ0n) is 36.4. The average molecular weight is 825 g/mol. The molecule has 3 unspecified atom stereocenters. The van der Waals surface area contributed by atoms with Crippen LogP contribution in [0, 0.1) is 17.8 Å². The summed E-state index contributed by atoms with van der Waals surface area (Å²) in [5.41, 5.74) is 6.67. The van der Waals surface area contributed by atoms with Crippen LogP contribution in [0.1, 0.15) is 97.6 Å². The van der Waals surface area contributed by atoms with E-state index >= 15 is 0 Å². The molecule has 5 atom stereocenters. The molecule has 0 aliphatic carbocycles. The largest absolute Gasteiger partial charge is 0.443 e. The maximum Gasteiger partial charge on any atom is 0.408 e. The fourth-order valence-corrected chi connectivity index (χ4v) is 7.91. The number of hydrogen-bond acceptors (Lipinski definition) is 8. The van der Waals surface area contributed by atoms with Crippen LogP contribution in [0.25, 0.3) is 21.5 Å². The highest BCUT2D eigenvalue weighted by Crippen LogP contribution is 2.29. The van der Waals surface area contributed by atoms with Crippen LogP contribution in [0.2, 0.25) is 0 Å². The maximum atomic E-state index is 14.4. The minimum absolute atomic E-state index is 0.0389. The number of aliphatic hydroxyl groups excluding tert-OH is 2. The summed E-state index contributed by atoms with van der Waals surface area (Å²) in [6.07, 6.45) is 1.16. The molecule has 0 aliphatic rings. The van der Waals surface area contributed by atoms with Crippen molar-refractivity contribution in [3.8, 4) is 0 Å². The van der Waals surface area contributed by atoms with Crippen LogP contribution in [0.15, 0.2) is 84.9 Å². The molecule has 326 valence electrons. The molecule has 0 aliphatic heterocycles. The Balaban J connectivity index is 1.49. The molecule has 3 amide bonds. The number of aliphatic hydroxyl groups is 2. The topological polar surface area (TPSA) is 180 Å². The minimum Gasteiger partial charge on any atom is -0.443 e. The highest BCUT2D eigenvalue weighted by atomic mass is 16.6. The van der Waals surface area contributed by atoms with Gasteiger partial charge in [0.25, 0.3) is 0 Å². The Morgan fingerprint density at radius 2 is 1.33 bits per heavy atom. The van der Waals surface area contributed by atoms with Crippen molar-refractivity contribution < 1.29 is 34.1 Å². The zero-order valence-corrected chi connectivity index (χ0v) is 36.4. The van der Waals surface area contributed by atoms with Crippen molar-refractivity contribution in [2.45, 2.75) is 129 Å². The summed E-state index contributed by atoms with van der Waals surface area (Å²) in [5.74, 6) is -1.32. The van der Waals surface area contributed by atoms with Gasteiger partial charge in [0, 0.05) is 12.3 Å². The summed E-state index contributed by atoms with van der Waals surface area (Å²) < 4.78 is 5.93. The maximum absolute atomic E-state index is 14.4. The SMILES string of the molecule is CCC(C)[C@@H](CO)NC(=O)CC(O)C(CC(C)C)NC(=O)[C@H](CCCCN)NC(=O)OC(C)(C)CC(=O)C(Cc1cccc2ccccc12)Cc1cccc2ccccc12. The lowest BCUT2D eigenvalue weighted by molar-refractivity contribution is -0.128. The molecule has 4 rings (SSSR count). The molecule has 0 spiro atoms. The summed E-state index contributed by atoms with van der Waals surface area (Å²) >= 11 is 0. The lowest BCUT2D eigenvalue weighted by Gasteiger charge is -2.30. The van der Waals surface area contributed by atoms with Crippen molar-refractivity contribution in [1.29, 1.82) is 0 Å². The molecule has 0 saturated carbocycles. The van der Waals surface area contributed by atoms with E-state index in [2.05, 4.69) is 64.5 Å². The zero-order chi connectivity index (χ0) is 43.8. The molecule has 0 heterocycles. The highest BCUT2D eigenvalue weighted by molar-refractivity contribution is 5.90. The van der Waals surface area contributed by atoms with Crippen LogP contribution in [0.3, 0.4) is 0 Å². The van der Waals surface area contributed by atoms with Crippen molar-refractivity contribution >= 4 is 45.2 Å². The molecule has 4 aromatic carbocycles. The van der Waals surface area contributed by atoms with Gasteiger partial charge in [0.05, 0.1) is 31.2 Å². The molecular formula is C49H68N4O7. The molecule has 0 bridgehead atoms. The minimum atomic E-state index is -1.22. The molecule has 0 aromatic heterocycles. The molecule has 0 radical (unpaired) electrons. The number of nitrogens with one attached hydrogen (secondary N) is 3. The predicted molar refractivity (Wildman–Crippen MR) is 239 cm³/mol. The van der Waals surface area contributed by atoms with Crippen molar-refractivity contribution in [2.24, 2.45) is 23.5 Å². The molecule has 11 heteroatoms. The molecule has 4 aromatic rings. The van der Waals surface area contributed by atoms with E-state index < -0.39 is 53.7 Å². The van der Waals surface area contributed by atoms with Crippen LogP contribution >= 0.6 is 0 Å². The predicted octanol–water partition coefficient (Wildman–Crippen LogP) is 7.16. The lowest BCUT2D eigenvalue weighted by Crippen LogP contribution is -2.54. The number of ether oxygens (including phenoxy) is 1. The number of carbonyl (C=O) groups is 4. The first-order valence-electron chi connectivity index (χ1n) is 21.7. The number of rotatable bonds is 24. The van der Waals surface area contributed by atoms with Gasteiger partial charge in [-0.1, -0.05) is 119 Å². The van der Waals surface area contributed by atoms with Gasteiger partial charge in [-0.25, -0.2) is 4.79 Å². The van der Waals surface area contributed by atoms with E-state index in [1.807, 2.05) is 64.1 Å². The van der Waals surface area contributed by atoms with Crippen LogP contribution in [0.5, 0.6) is 0 Å². The van der Waals surface area contributed by atoms with E-state index in [9.17, 15) is 29.4 Å². The number of ketones is 1. The summed E-state index contributed by atoms with van der Waals surface area (Å²) in [6.45, 7) is 11.4. The van der Waals surface area contributed by atoms with E-state index in [1.54, 1.807) is 13.8 Å². The number of amides is 3. The third-order valence-corrected chi connectivity index (χ3v) is 11.5. The molecule has 60 heavy (non-hydrogen) atoms. The van der Waals surface area contributed by atoms with Crippen molar-refractivity contribution in [2.75, 3.05) is 13.2 Å². The van der Waals surface area contributed by atoms with Gasteiger partial charge in [-0.2, -0.15) is 0 Å². The van der Waals surface area contributed by atoms with Crippen LogP contribution in [-0.2, 0) is 32.0 Å². The quantitative estimate of drug-likeness (QED) is 0.0403. The second-order valence-electron chi connectivity index (χ2n) is 17.4. The van der Waals surface area contributed by atoms with Crippen LogP contribution in [0.4, 0.5) is 4.79 Å². The van der Waals surface area contributed by atoms with E-state index in [0.717, 1.165) is 39.1 Å². The number of benzene rings is 4. The number of nitrogens with two attached hydrogens (primary N) is 1. The van der Waals surface area contributed by atoms with Gasteiger partial charge in [0.1, 0.15) is 17.4 Å². The number of alkyl carbamates (subject to hydrolysis) is 1. The Labute approximate surface area is 356 Å². The first-order chi connectivity index (χ1) is 28.6. The van der Waals surface area contributed by atoms with E-state index in [4.69, 9.17) is 10.5 Å². The third kappa shape index (κ3) is 14.4. The van der Waals surface area contributed by atoms with Crippen LogP contribution < -0.4 is 21.7 Å². The van der Waals surface area contributed by atoms with Gasteiger partial charge in [0.2, 0.25) is 11.8 Å². The average Bonchev–Trinajstić information content (AvgIpc) is 3.21. The van der Waals surface area contributed by atoms with Crippen molar-refractivity contribution in [1.82, 2.24) is 16.0 Å². The van der Waals surface area contributed by atoms with E-state index in [1.165, 1.54) is 0 Å². The molecule has 0 fully saturated rings. The Hall–Kier alpha value is -4.84. The smallest absolute Gasteiger partial charge is 0.408 e. The van der Waals surface area contributed by atoms with Gasteiger partial charge >= 0.3 is 6.09 Å². The fourth-order valence-electron chi connectivity index (χ4n) is 7.91. The normalized spacial score (nSPS) is 14.4. The Morgan fingerprint density at radius 3 is 1.87 bits per heavy atom. The van der Waals surface area contributed by atoms with Crippen molar-refractivity contribution in [3.05, 3.63) is 96.1 Å². The lowest BCUT2D eigenvalue weighted by atomic mass is 9.83. The van der Waals surface area contributed by atoms with E-state index in [-0.39, 0.29) is 43.5 Å². The molecular weight excluding hydrogens is 757 g/mol. The Morgan fingerprint density at radius 1 is 0.767 bits per heavy atom. The van der Waals surface area contributed by atoms with Gasteiger partial charge in [-0.05, 0) is 103 Å². The first-order valence-corrected chi connectivity index (χ1v) is 21.7. The highest BCUT2D eigenvalue weighted by Gasteiger charge is 2.34. The first kappa shape index (κ1) is 47.8. The number of carbonyl (C=O) groups excluding carboxylic acids is 4. The molecule has 7 N–H and O–H groups in total. The standard InChI is InChI=1S/C49H68N4O7/c1-7-33(4)43(31-54)51-46(57)29-44(55)42(26-32(2)3)52-47(58)41(24-12-13-25-50)53-48(59)60-49(5,6)30-45(56)38(27-36-20-14-18-34-16-8-10-22-39(34)36)28-37-21-15-19-35-17-9-11-23-40(35)37/h8-11,14-23,32-33,38,41-44,54-55H,7,12-13,24-31,50H2,1-6H3,(H,51,57)(H,52,58)(H,53,59)/t33?,41-,42?,43+,44?/m0/s1. The van der Waals surface area contributed by atoms with Gasteiger partial charge in [-0.15, -0.1) is 0 Å². The summed E-state index contributed by atoms with van der Waals surface area (Å²) in [5, 5.41) is 33.8. The van der Waals surface area contributed by atoms with Gasteiger partial charge < -0.3 is 36.6 Å². The summed E-state index contributed by atoms with van der Waals surface area (Å²) in [7, 11) is 0. The van der Waals surface area contributed by atoms with Gasteiger partial charge in [-0.3, -0.25) is 14.4 Å². The van der Waals surface area contributed by atoms with E-state index in [0.29, 0.717) is 38.6 Å². The monoisotopic (exact) mass is 825 g/mol. The summed E-state index contributed by atoms with van der Waals surface area (Å²) in [4.78, 5) is 54.8. The third-order valence-electron chi connectivity index (χ3n) is 11.5. The van der Waals surface area contributed by atoms with Crippen LogP contribution in [-0.4, -0.2) is 76.9 Å². The second kappa shape index (κ2) is 23.2. The fraction of sp³-hybridized carbons (Fsp3) is 0.510. The molecule has 11 nitrogen and oxygen atoms in total. The number of hydrogen-bond donors (Lipinski definition) is 6. The van der Waals surface area contributed by atoms with Gasteiger partial charge in [0.15, 0.2) is 0 Å². The number of unbranched alkanes of at least 4 members (excludes halogenated alkanes) is 1. The Bertz CT molecular complexity index is 1920. The number of fused-ring (bicyclic) bond motifs is 2. The Kier molecular flexibility index (Phi) is 18.5.